The third kappa shape index (κ3) is 5.71. The second-order valence-electron chi connectivity index (χ2n) is 7.08. The molecule has 0 fully saturated rings. The van der Waals surface area contributed by atoms with E-state index in [2.05, 4.69) is 10.1 Å². The first-order valence-electron chi connectivity index (χ1n) is 10.4. The summed E-state index contributed by atoms with van der Waals surface area (Å²) in [6, 6.07) is 11.9. The SMILES string of the molecule is CCOc1ccccc1C(=O)NCCCC(=O)N1CCCc2cccc(OC(F)F)c21. The van der Waals surface area contributed by atoms with Crippen molar-refractivity contribution in [2.24, 2.45) is 0 Å². The zero-order valence-electron chi connectivity index (χ0n) is 17.4. The molecule has 2 amide bonds. The lowest BCUT2D eigenvalue weighted by Crippen LogP contribution is -2.36. The van der Waals surface area contributed by atoms with E-state index in [4.69, 9.17) is 4.74 Å². The molecule has 31 heavy (non-hydrogen) atoms. The Morgan fingerprint density at radius 3 is 2.68 bits per heavy atom. The molecule has 1 heterocycles. The van der Waals surface area contributed by atoms with Crippen LogP contribution in [-0.2, 0) is 11.2 Å². The lowest BCUT2D eigenvalue weighted by molar-refractivity contribution is -0.118. The van der Waals surface area contributed by atoms with E-state index >= 15 is 0 Å². The molecule has 0 aromatic heterocycles. The van der Waals surface area contributed by atoms with Crippen LogP contribution in [0.15, 0.2) is 42.5 Å². The Hall–Kier alpha value is -3.16. The summed E-state index contributed by atoms with van der Waals surface area (Å²) in [5.41, 5.74) is 1.68. The van der Waals surface area contributed by atoms with Gasteiger partial charge in [0, 0.05) is 19.5 Å². The number of nitrogens with zero attached hydrogens (tertiary/aromatic N) is 1. The van der Waals surface area contributed by atoms with Crippen LogP contribution in [-0.4, -0.2) is 38.1 Å². The van der Waals surface area contributed by atoms with Gasteiger partial charge in [0.15, 0.2) is 0 Å². The van der Waals surface area contributed by atoms with Crippen LogP contribution >= 0.6 is 0 Å². The molecule has 2 aromatic carbocycles. The molecule has 166 valence electrons. The molecule has 0 atom stereocenters. The van der Waals surface area contributed by atoms with Crippen molar-refractivity contribution in [3.8, 4) is 11.5 Å². The van der Waals surface area contributed by atoms with Crippen molar-refractivity contribution < 1.29 is 27.8 Å². The number of fused-ring (bicyclic) bond motifs is 1. The fourth-order valence-electron chi connectivity index (χ4n) is 3.66. The van der Waals surface area contributed by atoms with Crippen LogP contribution in [0.4, 0.5) is 14.5 Å². The summed E-state index contributed by atoms with van der Waals surface area (Å²) in [6.45, 7) is 0.0920. The number of carbonyl (C=O) groups excluding carboxylic acids is 2. The molecule has 8 heteroatoms. The third-order valence-electron chi connectivity index (χ3n) is 4.98. The van der Waals surface area contributed by atoms with Gasteiger partial charge in [-0.1, -0.05) is 24.3 Å². The second kappa shape index (κ2) is 10.7. The number of aryl methyl sites for hydroxylation is 1. The predicted octanol–water partition coefficient (Wildman–Crippen LogP) is 4.18. The maximum absolute atomic E-state index is 12.8. The van der Waals surface area contributed by atoms with E-state index in [0.29, 0.717) is 49.5 Å². The summed E-state index contributed by atoms with van der Waals surface area (Å²) in [7, 11) is 0. The van der Waals surface area contributed by atoms with Gasteiger partial charge in [-0.05, 0) is 49.9 Å². The number of benzene rings is 2. The minimum absolute atomic E-state index is 0.0152. The smallest absolute Gasteiger partial charge is 0.387 e. The Labute approximate surface area is 180 Å². The van der Waals surface area contributed by atoms with Crippen molar-refractivity contribution in [3.63, 3.8) is 0 Å². The number of carbonyl (C=O) groups is 2. The Morgan fingerprint density at radius 1 is 1.13 bits per heavy atom. The molecular weight excluding hydrogens is 406 g/mol. The number of para-hydroxylation sites is 2. The quantitative estimate of drug-likeness (QED) is 0.604. The number of amides is 2. The van der Waals surface area contributed by atoms with Gasteiger partial charge in [-0.3, -0.25) is 9.59 Å². The van der Waals surface area contributed by atoms with E-state index in [-0.39, 0.29) is 24.0 Å². The Bertz CT molecular complexity index is 920. The van der Waals surface area contributed by atoms with Crippen molar-refractivity contribution in [1.29, 1.82) is 0 Å². The van der Waals surface area contributed by atoms with E-state index in [9.17, 15) is 18.4 Å². The molecule has 0 unspecified atom stereocenters. The zero-order chi connectivity index (χ0) is 22.2. The summed E-state index contributed by atoms with van der Waals surface area (Å²) in [5.74, 6) is 0.0686. The van der Waals surface area contributed by atoms with Crippen LogP contribution in [0.1, 0.15) is 42.1 Å². The number of halogens is 2. The largest absolute Gasteiger partial charge is 0.493 e. The molecule has 1 aliphatic heterocycles. The van der Waals surface area contributed by atoms with Gasteiger partial charge in [-0.15, -0.1) is 0 Å². The average Bonchev–Trinajstić information content (AvgIpc) is 2.76. The standard InChI is InChI=1S/C23H26F2N2O4/c1-2-30-18-11-4-3-10-17(18)22(29)26-14-6-13-20(28)27-15-7-9-16-8-5-12-19(21(16)27)31-23(24)25/h3-5,8,10-12,23H,2,6-7,9,13-15H2,1H3,(H,26,29). The Kier molecular flexibility index (Phi) is 7.81. The Balaban J connectivity index is 1.57. The van der Waals surface area contributed by atoms with Crippen molar-refractivity contribution >= 4 is 17.5 Å². The molecule has 0 saturated carbocycles. The van der Waals surface area contributed by atoms with Gasteiger partial charge in [-0.2, -0.15) is 8.78 Å². The molecule has 0 aliphatic carbocycles. The van der Waals surface area contributed by atoms with Crippen LogP contribution in [0.25, 0.3) is 0 Å². The topological polar surface area (TPSA) is 67.9 Å². The number of anilines is 1. The summed E-state index contributed by atoms with van der Waals surface area (Å²) in [6.07, 6.45) is 2.05. The maximum Gasteiger partial charge on any atom is 0.387 e. The molecule has 2 aromatic rings. The molecule has 0 saturated heterocycles. The van der Waals surface area contributed by atoms with Gasteiger partial charge in [0.1, 0.15) is 11.5 Å². The van der Waals surface area contributed by atoms with Gasteiger partial charge in [0.2, 0.25) is 5.91 Å². The minimum atomic E-state index is -2.96. The fourth-order valence-corrected chi connectivity index (χ4v) is 3.66. The average molecular weight is 432 g/mol. The van der Waals surface area contributed by atoms with Gasteiger partial charge in [0.25, 0.3) is 5.91 Å². The first-order valence-corrected chi connectivity index (χ1v) is 10.4. The number of ether oxygens (including phenoxy) is 2. The number of alkyl halides is 2. The van der Waals surface area contributed by atoms with E-state index in [1.807, 2.05) is 13.0 Å². The fraction of sp³-hybridized carbons (Fsp3) is 0.391. The monoisotopic (exact) mass is 432 g/mol. The Morgan fingerprint density at radius 2 is 1.90 bits per heavy atom. The van der Waals surface area contributed by atoms with Gasteiger partial charge >= 0.3 is 6.61 Å². The van der Waals surface area contributed by atoms with Crippen molar-refractivity contribution in [2.45, 2.75) is 39.2 Å². The van der Waals surface area contributed by atoms with E-state index < -0.39 is 6.61 Å². The molecule has 6 nitrogen and oxygen atoms in total. The minimum Gasteiger partial charge on any atom is -0.493 e. The highest BCUT2D eigenvalue weighted by molar-refractivity contribution is 5.97. The third-order valence-corrected chi connectivity index (χ3v) is 4.98. The zero-order valence-corrected chi connectivity index (χ0v) is 17.4. The van der Waals surface area contributed by atoms with Crippen LogP contribution < -0.4 is 19.7 Å². The summed E-state index contributed by atoms with van der Waals surface area (Å²) in [4.78, 5) is 26.7. The highest BCUT2D eigenvalue weighted by Crippen LogP contribution is 2.37. The van der Waals surface area contributed by atoms with Gasteiger partial charge in [-0.25, -0.2) is 0 Å². The van der Waals surface area contributed by atoms with Crippen LogP contribution in [0.5, 0.6) is 11.5 Å². The van der Waals surface area contributed by atoms with Crippen LogP contribution in [0, 0.1) is 0 Å². The van der Waals surface area contributed by atoms with Crippen molar-refractivity contribution in [2.75, 3.05) is 24.6 Å². The van der Waals surface area contributed by atoms with Gasteiger partial charge in [0.05, 0.1) is 17.9 Å². The predicted molar refractivity (Wildman–Crippen MR) is 113 cm³/mol. The first-order chi connectivity index (χ1) is 15.0. The summed E-state index contributed by atoms with van der Waals surface area (Å²) in [5, 5.41) is 2.80. The lowest BCUT2D eigenvalue weighted by atomic mass is 10.0. The van der Waals surface area contributed by atoms with E-state index in [0.717, 1.165) is 12.0 Å². The van der Waals surface area contributed by atoms with E-state index in [1.54, 1.807) is 30.3 Å². The van der Waals surface area contributed by atoms with E-state index in [1.165, 1.54) is 11.0 Å². The number of rotatable bonds is 9. The first kappa shape index (κ1) is 22.5. The summed E-state index contributed by atoms with van der Waals surface area (Å²) >= 11 is 0. The molecule has 0 spiro atoms. The normalized spacial score (nSPS) is 13.0. The molecule has 1 N–H and O–H groups in total. The number of hydrogen-bond donors (Lipinski definition) is 1. The van der Waals surface area contributed by atoms with Crippen molar-refractivity contribution in [3.05, 3.63) is 53.6 Å². The highest BCUT2D eigenvalue weighted by Gasteiger charge is 2.26. The van der Waals surface area contributed by atoms with Crippen molar-refractivity contribution in [1.82, 2.24) is 5.32 Å². The molecule has 0 bridgehead atoms. The highest BCUT2D eigenvalue weighted by atomic mass is 19.3. The molecular formula is C23H26F2N2O4. The maximum atomic E-state index is 12.8. The molecule has 1 aliphatic rings. The number of hydrogen-bond acceptors (Lipinski definition) is 4. The molecule has 0 radical (unpaired) electrons. The molecule has 3 rings (SSSR count). The second-order valence-corrected chi connectivity index (χ2v) is 7.08. The van der Waals surface area contributed by atoms with Crippen LogP contribution in [0.2, 0.25) is 0 Å². The number of nitrogens with one attached hydrogen (secondary N) is 1. The van der Waals surface area contributed by atoms with Crippen LogP contribution in [0.3, 0.4) is 0 Å². The summed E-state index contributed by atoms with van der Waals surface area (Å²) < 4.78 is 35.7. The lowest BCUT2D eigenvalue weighted by Gasteiger charge is -2.31. The van der Waals surface area contributed by atoms with Gasteiger partial charge < -0.3 is 19.7 Å².